The first-order chi connectivity index (χ1) is 15.7. The molecule has 3 N–H and O–H groups in total. The van der Waals surface area contributed by atoms with Crippen LogP contribution in [0.5, 0.6) is 0 Å². The van der Waals surface area contributed by atoms with Crippen LogP contribution in [-0.2, 0) is 20.9 Å². The number of unbranched alkanes of at least 4 members (excludes halogenated alkanes) is 1. The fraction of sp³-hybridized carbons (Fsp3) is 0.364. The summed E-state index contributed by atoms with van der Waals surface area (Å²) in [6.45, 7) is 3.58. The molecule has 1 aromatic heterocycles. The molecule has 0 saturated heterocycles. The number of esters is 1. The highest BCUT2D eigenvalue weighted by atomic mass is 35.5. The molecular formula is C22H26Cl2N4O5. The molecule has 33 heavy (non-hydrogen) atoms. The molecule has 1 aromatic carbocycles. The van der Waals surface area contributed by atoms with Gasteiger partial charge in [-0.25, -0.2) is 9.59 Å². The molecule has 0 aliphatic carbocycles. The Kier molecular flexibility index (Phi) is 9.74. The molecule has 178 valence electrons. The van der Waals surface area contributed by atoms with Crippen molar-refractivity contribution in [2.75, 3.05) is 23.8 Å². The predicted molar refractivity (Wildman–Crippen MR) is 130 cm³/mol. The van der Waals surface area contributed by atoms with Crippen LogP contribution in [0.15, 0.2) is 33.9 Å². The largest absolute Gasteiger partial charge is 0.452 e. The van der Waals surface area contributed by atoms with Crippen molar-refractivity contribution in [1.82, 2.24) is 9.55 Å². The molecular weight excluding hydrogens is 471 g/mol. The van der Waals surface area contributed by atoms with Crippen molar-refractivity contribution in [3.63, 3.8) is 0 Å². The average molecular weight is 497 g/mol. The zero-order valence-corrected chi connectivity index (χ0v) is 19.9. The molecule has 0 spiro atoms. The number of benzene rings is 1. The highest BCUT2D eigenvalue weighted by Crippen LogP contribution is 2.26. The Morgan fingerprint density at radius 1 is 1.21 bits per heavy atom. The number of nitrogens with two attached hydrogens (primary N) is 1. The quantitative estimate of drug-likeness (QED) is 0.383. The van der Waals surface area contributed by atoms with Gasteiger partial charge in [0.15, 0.2) is 12.3 Å². The van der Waals surface area contributed by atoms with Gasteiger partial charge in [0.05, 0.1) is 10.0 Å². The minimum Gasteiger partial charge on any atom is -0.452 e. The number of aromatic nitrogens is 2. The highest BCUT2D eigenvalue weighted by molar-refractivity contribution is 6.42. The molecule has 0 aliphatic rings. The lowest BCUT2D eigenvalue weighted by Gasteiger charge is -2.24. The van der Waals surface area contributed by atoms with E-state index < -0.39 is 29.7 Å². The molecule has 2 aromatic rings. The third kappa shape index (κ3) is 6.72. The number of nitrogen functional groups attached to an aromatic ring is 1. The number of rotatable bonds is 10. The maximum atomic E-state index is 12.9. The van der Waals surface area contributed by atoms with E-state index in [0.717, 1.165) is 17.4 Å². The molecule has 0 atom stereocenters. The summed E-state index contributed by atoms with van der Waals surface area (Å²) in [6.07, 6.45) is 4.43. The number of carbonyl (C=O) groups is 2. The summed E-state index contributed by atoms with van der Waals surface area (Å²) < 4.78 is 6.25. The number of carbonyl (C=O) groups excluding carboxylic acids is 2. The van der Waals surface area contributed by atoms with Crippen molar-refractivity contribution < 1.29 is 14.3 Å². The minimum atomic E-state index is -0.785. The first-order valence-electron chi connectivity index (χ1n) is 10.4. The Balaban J connectivity index is 2.22. The van der Waals surface area contributed by atoms with Crippen LogP contribution in [0.2, 0.25) is 10.0 Å². The first-order valence-corrected chi connectivity index (χ1v) is 11.2. The minimum absolute atomic E-state index is 0.114. The Hall–Kier alpha value is -3.04. The Morgan fingerprint density at radius 2 is 1.94 bits per heavy atom. The van der Waals surface area contributed by atoms with Crippen LogP contribution in [-0.4, -0.2) is 34.6 Å². The second kappa shape index (κ2) is 12.3. The standard InChI is InChI=1S/C22H26Cl2N4O5/c1-3-5-12-27(19-20(25)28(11-4-2)22(32)26-21(19)31)16(29)13-33-17(30)10-9-14-7-6-8-15(23)18(14)24/h6-10H,3-5,11-13,25H2,1-2H3,(H,26,31,32)/b10-9+. The van der Waals surface area contributed by atoms with E-state index in [1.165, 1.54) is 10.6 Å². The van der Waals surface area contributed by atoms with Crippen LogP contribution >= 0.6 is 23.2 Å². The maximum Gasteiger partial charge on any atom is 0.331 e. The lowest BCUT2D eigenvalue weighted by molar-refractivity contribution is -0.142. The van der Waals surface area contributed by atoms with Crippen molar-refractivity contribution in [3.8, 4) is 0 Å². The molecule has 0 bridgehead atoms. The number of hydrogen-bond acceptors (Lipinski definition) is 6. The van der Waals surface area contributed by atoms with E-state index in [-0.39, 0.29) is 29.6 Å². The van der Waals surface area contributed by atoms with Gasteiger partial charge in [0.1, 0.15) is 5.82 Å². The van der Waals surface area contributed by atoms with E-state index in [1.807, 2.05) is 13.8 Å². The summed E-state index contributed by atoms with van der Waals surface area (Å²) in [6, 6.07) is 4.95. The monoisotopic (exact) mass is 496 g/mol. The normalized spacial score (nSPS) is 11.0. The lowest BCUT2D eigenvalue weighted by Crippen LogP contribution is -2.43. The molecule has 0 fully saturated rings. The number of hydrogen-bond donors (Lipinski definition) is 2. The summed E-state index contributed by atoms with van der Waals surface area (Å²) >= 11 is 12.0. The Morgan fingerprint density at radius 3 is 2.61 bits per heavy atom. The fourth-order valence-corrected chi connectivity index (χ4v) is 3.40. The molecule has 1 amide bonds. The second-order valence-electron chi connectivity index (χ2n) is 7.13. The molecule has 2 rings (SSSR count). The maximum absolute atomic E-state index is 12.9. The van der Waals surface area contributed by atoms with Crippen molar-refractivity contribution >= 4 is 52.7 Å². The first kappa shape index (κ1) is 26.2. The number of aromatic amines is 1. The molecule has 0 unspecified atom stereocenters. The zero-order chi connectivity index (χ0) is 24.5. The van der Waals surface area contributed by atoms with Gasteiger partial charge < -0.3 is 15.4 Å². The van der Waals surface area contributed by atoms with Gasteiger partial charge in [-0.15, -0.1) is 0 Å². The van der Waals surface area contributed by atoms with Gasteiger partial charge in [-0.3, -0.25) is 19.1 Å². The van der Waals surface area contributed by atoms with Gasteiger partial charge >= 0.3 is 11.7 Å². The van der Waals surface area contributed by atoms with Crippen LogP contribution < -0.4 is 21.9 Å². The van der Waals surface area contributed by atoms with Crippen LogP contribution in [0.25, 0.3) is 6.08 Å². The topological polar surface area (TPSA) is 127 Å². The average Bonchev–Trinajstić information content (AvgIpc) is 2.78. The molecule has 9 nitrogen and oxygen atoms in total. The Labute approximate surface area is 200 Å². The number of H-pyrrole nitrogens is 1. The molecule has 11 heteroatoms. The van der Waals surface area contributed by atoms with E-state index in [4.69, 9.17) is 33.7 Å². The van der Waals surface area contributed by atoms with Crippen molar-refractivity contribution in [1.29, 1.82) is 0 Å². The third-order valence-electron chi connectivity index (χ3n) is 4.69. The highest BCUT2D eigenvalue weighted by Gasteiger charge is 2.24. The van der Waals surface area contributed by atoms with Crippen LogP contribution in [0.3, 0.4) is 0 Å². The number of ether oxygens (including phenoxy) is 1. The van der Waals surface area contributed by atoms with E-state index in [9.17, 15) is 19.2 Å². The van der Waals surface area contributed by atoms with E-state index in [2.05, 4.69) is 4.98 Å². The molecule has 1 heterocycles. The molecule has 0 radical (unpaired) electrons. The summed E-state index contributed by atoms with van der Waals surface area (Å²) in [5, 5.41) is 0.614. The van der Waals surface area contributed by atoms with Gasteiger partial charge in [0.25, 0.3) is 11.5 Å². The SMILES string of the molecule is CCCCN(C(=O)COC(=O)/C=C/c1cccc(Cl)c1Cl)c1c(N)n(CCC)c(=O)[nH]c1=O. The molecule has 0 aliphatic heterocycles. The van der Waals surface area contributed by atoms with Crippen molar-refractivity contribution in [3.05, 3.63) is 60.7 Å². The van der Waals surface area contributed by atoms with Crippen LogP contribution in [0.4, 0.5) is 11.5 Å². The van der Waals surface area contributed by atoms with Crippen LogP contribution in [0.1, 0.15) is 38.7 Å². The predicted octanol–water partition coefficient (Wildman–Crippen LogP) is 3.23. The van der Waals surface area contributed by atoms with Crippen molar-refractivity contribution in [2.24, 2.45) is 0 Å². The lowest BCUT2D eigenvalue weighted by atomic mass is 10.2. The van der Waals surface area contributed by atoms with E-state index in [1.54, 1.807) is 18.2 Å². The fourth-order valence-electron chi connectivity index (χ4n) is 3.03. The number of nitrogens with zero attached hydrogens (tertiary/aromatic N) is 2. The van der Waals surface area contributed by atoms with Gasteiger partial charge in [0.2, 0.25) is 0 Å². The summed E-state index contributed by atoms with van der Waals surface area (Å²) in [5.41, 5.74) is 5.02. The van der Waals surface area contributed by atoms with E-state index >= 15 is 0 Å². The van der Waals surface area contributed by atoms with E-state index in [0.29, 0.717) is 23.4 Å². The number of amides is 1. The molecule has 0 saturated carbocycles. The summed E-state index contributed by atoms with van der Waals surface area (Å²) in [7, 11) is 0. The second-order valence-corrected chi connectivity index (χ2v) is 7.91. The van der Waals surface area contributed by atoms with Crippen LogP contribution in [0, 0.1) is 0 Å². The zero-order valence-electron chi connectivity index (χ0n) is 18.4. The smallest absolute Gasteiger partial charge is 0.331 e. The third-order valence-corrected chi connectivity index (χ3v) is 5.52. The number of halogens is 2. The number of anilines is 2. The number of nitrogens with one attached hydrogen (secondary N) is 1. The van der Waals surface area contributed by atoms with Gasteiger partial charge in [0, 0.05) is 19.2 Å². The van der Waals surface area contributed by atoms with Gasteiger partial charge in [-0.05, 0) is 30.5 Å². The summed E-state index contributed by atoms with van der Waals surface area (Å²) in [5.74, 6) is -1.55. The van der Waals surface area contributed by atoms with Gasteiger partial charge in [-0.1, -0.05) is 55.6 Å². The summed E-state index contributed by atoms with van der Waals surface area (Å²) in [4.78, 5) is 52.9. The Bertz CT molecular complexity index is 1160. The van der Waals surface area contributed by atoms with Crippen molar-refractivity contribution in [2.45, 2.75) is 39.7 Å². The van der Waals surface area contributed by atoms with Gasteiger partial charge in [-0.2, -0.15) is 0 Å².